The lowest BCUT2D eigenvalue weighted by atomic mass is 9.89. The molecular formula is C26H34F3NO3. The molecule has 4 nitrogen and oxygen atoms in total. The molecule has 0 atom stereocenters. The SMILES string of the molecule is CC(=O)O.CC1CCC(Oc2ccc3c(CN4CCCCC4)cccc3c2C(F)(F)F)CC1. The van der Waals surface area contributed by atoms with Gasteiger partial charge in [0, 0.05) is 13.5 Å². The van der Waals surface area contributed by atoms with Crippen molar-refractivity contribution in [1.82, 2.24) is 4.90 Å². The van der Waals surface area contributed by atoms with Gasteiger partial charge in [0.1, 0.15) is 11.3 Å². The van der Waals surface area contributed by atoms with Gasteiger partial charge in [0.15, 0.2) is 0 Å². The summed E-state index contributed by atoms with van der Waals surface area (Å²) in [5.41, 5.74) is 0.349. The predicted octanol–water partition coefficient (Wildman–Crippen LogP) is 6.89. The summed E-state index contributed by atoms with van der Waals surface area (Å²) in [5, 5.41) is 8.36. The Hall–Kier alpha value is -2.28. The van der Waals surface area contributed by atoms with Crippen LogP contribution in [0.15, 0.2) is 30.3 Å². The van der Waals surface area contributed by atoms with Gasteiger partial charge < -0.3 is 9.84 Å². The molecule has 0 amide bonds. The second kappa shape index (κ2) is 11.2. The van der Waals surface area contributed by atoms with E-state index in [9.17, 15) is 13.2 Å². The number of carboxylic acids is 1. The van der Waals surface area contributed by atoms with Crippen molar-refractivity contribution in [2.45, 2.75) is 77.6 Å². The van der Waals surface area contributed by atoms with Crippen molar-refractivity contribution in [2.24, 2.45) is 5.92 Å². The van der Waals surface area contributed by atoms with E-state index in [0.717, 1.165) is 64.1 Å². The summed E-state index contributed by atoms with van der Waals surface area (Å²) in [6, 6.07) is 8.67. The van der Waals surface area contributed by atoms with Crippen LogP contribution in [0.2, 0.25) is 0 Å². The summed E-state index contributed by atoms with van der Waals surface area (Å²) in [4.78, 5) is 11.3. The number of rotatable bonds is 4. The summed E-state index contributed by atoms with van der Waals surface area (Å²) in [5.74, 6) is -0.217. The number of hydrogen-bond acceptors (Lipinski definition) is 3. The van der Waals surface area contributed by atoms with Crippen LogP contribution >= 0.6 is 0 Å². The van der Waals surface area contributed by atoms with Crippen LogP contribution in [0.4, 0.5) is 13.2 Å². The van der Waals surface area contributed by atoms with Gasteiger partial charge in [-0.1, -0.05) is 37.6 Å². The largest absolute Gasteiger partial charge is 0.490 e. The maximum atomic E-state index is 14.1. The third kappa shape index (κ3) is 7.10. The summed E-state index contributed by atoms with van der Waals surface area (Å²) < 4.78 is 48.2. The number of carboxylic acid groups (broad SMARTS) is 1. The van der Waals surface area contributed by atoms with E-state index in [2.05, 4.69) is 11.8 Å². The second-order valence-electron chi connectivity index (χ2n) is 9.30. The molecule has 1 aliphatic carbocycles. The van der Waals surface area contributed by atoms with Crippen molar-refractivity contribution in [1.29, 1.82) is 0 Å². The fourth-order valence-electron chi connectivity index (χ4n) is 4.82. The molecule has 182 valence electrons. The highest BCUT2D eigenvalue weighted by Crippen LogP contribution is 2.43. The van der Waals surface area contributed by atoms with Gasteiger partial charge in [0.2, 0.25) is 0 Å². The standard InChI is InChI=1S/C24H30F3NO.C2H4O2/c1-17-8-10-19(11-9-17)29-22-13-12-20-18(16-28-14-3-2-4-15-28)6-5-7-21(20)23(22)24(25,26)27;1-2(3)4/h5-7,12-13,17,19H,2-4,8-11,14-16H2,1H3;1H3,(H,3,4). The molecule has 1 saturated heterocycles. The van der Waals surface area contributed by atoms with Crippen molar-refractivity contribution >= 4 is 16.7 Å². The number of benzene rings is 2. The Morgan fingerprint density at radius 3 is 2.27 bits per heavy atom. The number of likely N-dealkylation sites (tertiary alicyclic amines) is 1. The Morgan fingerprint density at radius 2 is 1.67 bits per heavy atom. The van der Waals surface area contributed by atoms with Gasteiger partial charge in [-0.05, 0) is 79.9 Å². The Labute approximate surface area is 193 Å². The number of ether oxygens (including phenoxy) is 1. The Balaban J connectivity index is 0.000000709. The van der Waals surface area contributed by atoms with Gasteiger partial charge in [-0.3, -0.25) is 9.69 Å². The maximum absolute atomic E-state index is 14.1. The smallest absolute Gasteiger partial charge is 0.420 e. The zero-order valence-electron chi connectivity index (χ0n) is 19.5. The molecule has 33 heavy (non-hydrogen) atoms. The number of fused-ring (bicyclic) bond motifs is 1. The van der Waals surface area contributed by atoms with E-state index in [4.69, 9.17) is 14.6 Å². The van der Waals surface area contributed by atoms with Gasteiger partial charge in [0.25, 0.3) is 5.97 Å². The van der Waals surface area contributed by atoms with Crippen LogP contribution in [0.3, 0.4) is 0 Å². The molecule has 2 aromatic rings. The molecule has 4 rings (SSSR count). The maximum Gasteiger partial charge on any atom is 0.420 e. The van der Waals surface area contributed by atoms with E-state index in [1.54, 1.807) is 18.2 Å². The van der Waals surface area contributed by atoms with Crippen LogP contribution in [0, 0.1) is 5.92 Å². The van der Waals surface area contributed by atoms with Crippen molar-refractivity contribution in [2.75, 3.05) is 13.1 Å². The molecule has 0 spiro atoms. The second-order valence-corrected chi connectivity index (χ2v) is 9.30. The van der Waals surface area contributed by atoms with Gasteiger partial charge in [-0.2, -0.15) is 13.2 Å². The third-order valence-electron chi connectivity index (χ3n) is 6.50. The number of piperidine rings is 1. The number of nitrogens with zero attached hydrogens (tertiary/aromatic N) is 1. The summed E-state index contributed by atoms with van der Waals surface area (Å²) in [7, 11) is 0. The normalized spacial score (nSPS) is 21.8. The molecule has 0 aromatic heterocycles. The molecule has 1 aliphatic heterocycles. The van der Waals surface area contributed by atoms with Crippen molar-refractivity contribution in [3.63, 3.8) is 0 Å². The van der Waals surface area contributed by atoms with E-state index >= 15 is 0 Å². The lowest BCUT2D eigenvalue weighted by Gasteiger charge is -2.29. The van der Waals surface area contributed by atoms with E-state index in [-0.39, 0.29) is 17.2 Å². The van der Waals surface area contributed by atoms with E-state index < -0.39 is 17.7 Å². The Kier molecular flexibility index (Phi) is 8.63. The van der Waals surface area contributed by atoms with Crippen LogP contribution < -0.4 is 4.74 Å². The van der Waals surface area contributed by atoms with Gasteiger partial charge in [0.05, 0.1) is 6.10 Å². The van der Waals surface area contributed by atoms with Crippen LogP contribution in [-0.2, 0) is 17.5 Å². The number of carbonyl (C=O) groups is 1. The average Bonchev–Trinajstić information content (AvgIpc) is 2.75. The minimum atomic E-state index is -4.44. The molecule has 2 aromatic carbocycles. The molecule has 0 unspecified atom stereocenters. The highest BCUT2D eigenvalue weighted by Gasteiger charge is 2.37. The quantitative estimate of drug-likeness (QED) is 0.534. The van der Waals surface area contributed by atoms with Crippen LogP contribution in [0.25, 0.3) is 10.8 Å². The first-order valence-electron chi connectivity index (χ1n) is 11.9. The molecule has 2 fully saturated rings. The summed E-state index contributed by atoms with van der Waals surface area (Å²) in [6.07, 6.45) is 2.68. The monoisotopic (exact) mass is 465 g/mol. The molecular weight excluding hydrogens is 431 g/mol. The van der Waals surface area contributed by atoms with Crippen LogP contribution in [0.5, 0.6) is 5.75 Å². The van der Waals surface area contributed by atoms with E-state index in [0.29, 0.717) is 17.8 Å². The van der Waals surface area contributed by atoms with E-state index in [1.165, 1.54) is 6.42 Å². The van der Waals surface area contributed by atoms with Crippen LogP contribution in [-0.4, -0.2) is 35.2 Å². The zero-order chi connectivity index (χ0) is 24.0. The Morgan fingerprint density at radius 1 is 1.03 bits per heavy atom. The number of hydrogen-bond donors (Lipinski definition) is 1. The average molecular weight is 466 g/mol. The fourth-order valence-corrected chi connectivity index (χ4v) is 4.82. The number of halogens is 3. The topological polar surface area (TPSA) is 49.8 Å². The Bertz CT molecular complexity index is 926. The predicted molar refractivity (Wildman–Crippen MR) is 123 cm³/mol. The molecule has 1 heterocycles. The first kappa shape index (κ1) is 25.3. The minimum absolute atomic E-state index is 0.0142. The van der Waals surface area contributed by atoms with Crippen molar-refractivity contribution in [3.8, 4) is 5.75 Å². The first-order valence-corrected chi connectivity index (χ1v) is 11.9. The fraction of sp³-hybridized carbons (Fsp3) is 0.577. The zero-order valence-corrected chi connectivity index (χ0v) is 19.5. The van der Waals surface area contributed by atoms with Gasteiger partial charge in [-0.15, -0.1) is 0 Å². The van der Waals surface area contributed by atoms with Crippen molar-refractivity contribution < 1.29 is 27.8 Å². The first-order chi connectivity index (χ1) is 15.6. The number of alkyl halides is 3. The van der Waals surface area contributed by atoms with Gasteiger partial charge in [-0.25, -0.2) is 0 Å². The van der Waals surface area contributed by atoms with Crippen molar-refractivity contribution in [3.05, 3.63) is 41.5 Å². The highest BCUT2D eigenvalue weighted by atomic mass is 19.4. The lowest BCUT2D eigenvalue weighted by Crippen LogP contribution is -2.29. The molecule has 0 radical (unpaired) electrons. The summed E-state index contributed by atoms with van der Waals surface area (Å²) in [6.45, 7) is 6.01. The highest BCUT2D eigenvalue weighted by molar-refractivity contribution is 5.91. The third-order valence-corrected chi connectivity index (χ3v) is 6.50. The molecule has 0 bridgehead atoms. The molecule has 2 aliphatic rings. The minimum Gasteiger partial charge on any atom is -0.490 e. The lowest BCUT2D eigenvalue weighted by molar-refractivity contribution is -0.138. The molecule has 7 heteroatoms. The van der Waals surface area contributed by atoms with Crippen LogP contribution in [0.1, 0.15) is 69.9 Å². The molecule has 1 N–H and O–H groups in total. The molecule has 1 saturated carbocycles. The summed E-state index contributed by atoms with van der Waals surface area (Å²) >= 11 is 0. The van der Waals surface area contributed by atoms with E-state index in [1.807, 2.05) is 12.1 Å². The van der Waals surface area contributed by atoms with Gasteiger partial charge >= 0.3 is 6.18 Å². The number of aliphatic carboxylic acids is 1.